The van der Waals surface area contributed by atoms with E-state index in [9.17, 15) is 4.79 Å². The third kappa shape index (κ3) is 1.39. The first-order chi connectivity index (χ1) is 9.29. The number of H-pyrrole nitrogens is 1. The van der Waals surface area contributed by atoms with E-state index in [1.807, 2.05) is 11.4 Å². The molecule has 3 aromatic rings. The summed E-state index contributed by atoms with van der Waals surface area (Å²) in [4.78, 5) is 15.2. The molecule has 4 rings (SSSR count). The number of aromatic amines is 1. The Kier molecular flexibility index (Phi) is 2.21. The summed E-state index contributed by atoms with van der Waals surface area (Å²) in [5, 5.41) is 2.83. The standard InChI is InChI=1S/C16H13NOS/c1-2-9-4-3-5-10-12(9)8-13-14(10)17-16(18)11-6-7-19-15(11)13/h3-7H,2,8H2,1H3,(H,17,18). The average Bonchev–Trinajstić information content (AvgIpc) is 3.03. The van der Waals surface area contributed by atoms with Crippen LogP contribution >= 0.6 is 11.3 Å². The van der Waals surface area contributed by atoms with Gasteiger partial charge in [0.05, 0.1) is 11.1 Å². The Morgan fingerprint density at radius 3 is 3.00 bits per heavy atom. The van der Waals surface area contributed by atoms with Gasteiger partial charge >= 0.3 is 0 Å². The zero-order valence-electron chi connectivity index (χ0n) is 10.6. The molecule has 1 aliphatic rings. The number of hydrogen-bond acceptors (Lipinski definition) is 2. The summed E-state index contributed by atoms with van der Waals surface area (Å²) in [6, 6.07) is 8.32. The lowest BCUT2D eigenvalue weighted by atomic mass is 10.0. The maximum absolute atomic E-state index is 12.1. The minimum absolute atomic E-state index is 0.0322. The highest BCUT2D eigenvalue weighted by Crippen LogP contribution is 2.40. The van der Waals surface area contributed by atoms with Gasteiger partial charge in [-0.05, 0) is 34.6 Å². The van der Waals surface area contributed by atoms with Crippen molar-refractivity contribution in [2.45, 2.75) is 19.8 Å². The summed E-state index contributed by atoms with van der Waals surface area (Å²) in [5.41, 5.74) is 6.34. The molecule has 1 aromatic carbocycles. The average molecular weight is 267 g/mol. The summed E-state index contributed by atoms with van der Waals surface area (Å²) >= 11 is 1.67. The molecule has 1 aliphatic carbocycles. The number of nitrogens with one attached hydrogen (secondary N) is 1. The van der Waals surface area contributed by atoms with E-state index in [1.165, 1.54) is 22.3 Å². The Bertz CT molecular complexity index is 857. The van der Waals surface area contributed by atoms with E-state index < -0.39 is 0 Å². The van der Waals surface area contributed by atoms with Crippen molar-refractivity contribution in [1.82, 2.24) is 4.98 Å². The fourth-order valence-electron chi connectivity index (χ4n) is 3.08. The molecule has 0 aliphatic heterocycles. The first kappa shape index (κ1) is 11.0. The molecule has 0 radical (unpaired) electrons. The van der Waals surface area contributed by atoms with Crippen molar-refractivity contribution in [3.05, 3.63) is 56.7 Å². The summed E-state index contributed by atoms with van der Waals surface area (Å²) in [7, 11) is 0. The highest BCUT2D eigenvalue weighted by molar-refractivity contribution is 7.17. The predicted molar refractivity (Wildman–Crippen MR) is 80.1 cm³/mol. The van der Waals surface area contributed by atoms with Crippen LogP contribution in [0, 0.1) is 0 Å². The van der Waals surface area contributed by atoms with Crippen molar-refractivity contribution >= 4 is 21.4 Å². The number of rotatable bonds is 1. The van der Waals surface area contributed by atoms with Gasteiger partial charge in [0.1, 0.15) is 0 Å². The smallest absolute Gasteiger partial charge is 0.257 e. The number of hydrogen-bond donors (Lipinski definition) is 1. The molecule has 0 spiro atoms. The summed E-state index contributed by atoms with van der Waals surface area (Å²) < 4.78 is 1.15. The lowest BCUT2D eigenvalue weighted by Crippen LogP contribution is -2.06. The van der Waals surface area contributed by atoms with Crippen molar-refractivity contribution in [1.29, 1.82) is 0 Å². The molecule has 2 heterocycles. The minimum Gasteiger partial charge on any atom is -0.321 e. The number of aryl methyl sites for hydroxylation is 1. The van der Waals surface area contributed by atoms with Gasteiger partial charge in [-0.25, -0.2) is 0 Å². The number of aromatic nitrogens is 1. The maximum atomic E-state index is 12.1. The molecule has 2 nitrogen and oxygen atoms in total. The van der Waals surface area contributed by atoms with Crippen LogP contribution < -0.4 is 5.56 Å². The van der Waals surface area contributed by atoms with E-state index >= 15 is 0 Å². The zero-order chi connectivity index (χ0) is 13.0. The van der Waals surface area contributed by atoms with Gasteiger partial charge in [-0.2, -0.15) is 0 Å². The fourth-order valence-corrected chi connectivity index (χ4v) is 4.02. The molecule has 0 bridgehead atoms. The van der Waals surface area contributed by atoms with E-state index in [0.717, 1.165) is 28.6 Å². The molecule has 0 saturated carbocycles. The lowest BCUT2D eigenvalue weighted by Gasteiger charge is -2.05. The molecular formula is C16H13NOS. The second-order valence-electron chi connectivity index (χ2n) is 4.94. The van der Waals surface area contributed by atoms with Gasteiger partial charge in [0, 0.05) is 16.7 Å². The summed E-state index contributed by atoms with van der Waals surface area (Å²) in [5.74, 6) is 0. The topological polar surface area (TPSA) is 32.9 Å². The van der Waals surface area contributed by atoms with Gasteiger partial charge in [-0.1, -0.05) is 25.1 Å². The van der Waals surface area contributed by atoms with Gasteiger partial charge in [0.25, 0.3) is 5.56 Å². The molecule has 0 amide bonds. The second kappa shape index (κ2) is 3.81. The molecule has 1 N–H and O–H groups in total. The van der Waals surface area contributed by atoms with Crippen molar-refractivity contribution in [2.24, 2.45) is 0 Å². The van der Waals surface area contributed by atoms with Crippen LogP contribution in [-0.4, -0.2) is 4.98 Å². The third-order valence-electron chi connectivity index (χ3n) is 4.00. The van der Waals surface area contributed by atoms with Gasteiger partial charge in [-0.15, -0.1) is 11.3 Å². The van der Waals surface area contributed by atoms with E-state index in [0.29, 0.717) is 0 Å². The van der Waals surface area contributed by atoms with E-state index in [1.54, 1.807) is 11.3 Å². The molecule has 0 unspecified atom stereocenters. The molecule has 19 heavy (non-hydrogen) atoms. The highest BCUT2D eigenvalue weighted by Gasteiger charge is 2.24. The fraction of sp³-hybridized carbons (Fsp3) is 0.188. The van der Waals surface area contributed by atoms with Gasteiger partial charge in [-0.3, -0.25) is 4.79 Å². The first-order valence-corrected chi connectivity index (χ1v) is 7.41. The van der Waals surface area contributed by atoms with Gasteiger partial charge in [0.15, 0.2) is 0 Å². The second-order valence-corrected chi connectivity index (χ2v) is 5.86. The van der Waals surface area contributed by atoms with E-state index in [2.05, 4.69) is 30.1 Å². The summed E-state index contributed by atoms with van der Waals surface area (Å²) in [6.07, 6.45) is 1.98. The Morgan fingerprint density at radius 1 is 1.26 bits per heavy atom. The van der Waals surface area contributed by atoms with E-state index in [-0.39, 0.29) is 5.56 Å². The molecule has 0 atom stereocenters. The normalized spacial score (nSPS) is 12.7. The van der Waals surface area contributed by atoms with Crippen molar-refractivity contribution in [3.8, 4) is 11.3 Å². The Hall–Kier alpha value is -1.87. The van der Waals surface area contributed by atoms with Gasteiger partial charge < -0.3 is 4.98 Å². The SMILES string of the molecule is CCc1cccc2c1Cc1c-2[nH]c(=O)c2ccsc12. The molecule has 0 fully saturated rings. The largest absolute Gasteiger partial charge is 0.321 e. The Morgan fingerprint density at radius 2 is 2.16 bits per heavy atom. The van der Waals surface area contributed by atoms with Gasteiger partial charge in [0.2, 0.25) is 0 Å². The molecule has 0 saturated heterocycles. The third-order valence-corrected chi connectivity index (χ3v) is 4.98. The van der Waals surface area contributed by atoms with Crippen LogP contribution in [-0.2, 0) is 12.8 Å². The van der Waals surface area contributed by atoms with Crippen molar-refractivity contribution in [2.75, 3.05) is 0 Å². The zero-order valence-corrected chi connectivity index (χ0v) is 11.4. The number of thiophene rings is 1. The van der Waals surface area contributed by atoms with Crippen LogP contribution in [0.4, 0.5) is 0 Å². The van der Waals surface area contributed by atoms with E-state index in [4.69, 9.17) is 0 Å². The van der Waals surface area contributed by atoms with Crippen LogP contribution in [0.1, 0.15) is 23.6 Å². The van der Waals surface area contributed by atoms with Crippen molar-refractivity contribution in [3.63, 3.8) is 0 Å². The Labute approximate surface area is 114 Å². The van der Waals surface area contributed by atoms with Crippen LogP contribution in [0.2, 0.25) is 0 Å². The first-order valence-electron chi connectivity index (χ1n) is 6.53. The molecule has 2 aromatic heterocycles. The monoisotopic (exact) mass is 267 g/mol. The van der Waals surface area contributed by atoms with Crippen LogP contribution in [0.5, 0.6) is 0 Å². The number of benzene rings is 1. The number of fused-ring (bicyclic) bond motifs is 5. The van der Waals surface area contributed by atoms with Crippen LogP contribution in [0.25, 0.3) is 21.3 Å². The minimum atomic E-state index is 0.0322. The number of pyridine rings is 1. The predicted octanol–water partition coefficient (Wildman–Crippen LogP) is 3.72. The lowest BCUT2D eigenvalue weighted by molar-refractivity contribution is 1.09. The summed E-state index contributed by atoms with van der Waals surface area (Å²) in [6.45, 7) is 2.18. The molecule has 3 heteroatoms. The molecule has 94 valence electrons. The highest BCUT2D eigenvalue weighted by atomic mass is 32.1. The van der Waals surface area contributed by atoms with Crippen LogP contribution in [0.3, 0.4) is 0 Å². The van der Waals surface area contributed by atoms with Crippen LogP contribution in [0.15, 0.2) is 34.4 Å². The quantitative estimate of drug-likeness (QED) is 0.560. The Balaban J connectivity index is 2.11. The molecular weight excluding hydrogens is 254 g/mol. The maximum Gasteiger partial charge on any atom is 0.257 e. The van der Waals surface area contributed by atoms with Crippen molar-refractivity contribution < 1.29 is 0 Å².